The molecule has 4 aromatic rings. The first-order valence-electron chi connectivity index (χ1n) is 15.2. The predicted octanol–water partition coefficient (Wildman–Crippen LogP) is 8.02. The van der Waals surface area contributed by atoms with E-state index in [-0.39, 0.29) is 0 Å². The van der Waals surface area contributed by atoms with Crippen LogP contribution in [0.25, 0.3) is 22.8 Å². The zero-order valence-electron chi connectivity index (χ0n) is 24.6. The molecule has 0 spiro atoms. The molecule has 1 N–H and O–H groups in total. The molecule has 43 heavy (non-hydrogen) atoms. The van der Waals surface area contributed by atoms with Crippen molar-refractivity contribution in [3.8, 4) is 28.6 Å². The zero-order valence-corrected chi connectivity index (χ0v) is 25.4. The van der Waals surface area contributed by atoms with Gasteiger partial charge in [0, 0.05) is 22.7 Å². The second kappa shape index (κ2) is 12.9. The van der Waals surface area contributed by atoms with Gasteiger partial charge in [0.1, 0.15) is 5.75 Å². The number of likely N-dealkylation sites (tertiary alicyclic amines) is 1. The molecule has 2 aliphatic rings. The van der Waals surface area contributed by atoms with Crippen LogP contribution in [0.4, 0.5) is 0 Å². The maximum Gasteiger partial charge on any atom is 0.310 e. The number of carboxylic acids is 1. The lowest BCUT2D eigenvalue weighted by Crippen LogP contribution is -2.45. The highest BCUT2D eigenvalue weighted by Gasteiger charge is 2.41. The molecule has 0 atom stereocenters. The Morgan fingerprint density at radius 1 is 0.977 bits per heavy atom. The molecule has 0 amide bonds. The van der Waals surface area contributed by atoms with E-state index in [1.165, 1.54) is 37.7 Å². The van der Waals surface area contributed by atoms with E-state index in [1.807, 2.05) is 48.5 Å². The molecule has 0 unspecified atom stereocenters. The number of carboxylic acid groups (broad SMARTS) is 1. The molecule has 1 aliphatic heterocycles. The van der Waals surface area contributed by atoms with Gasteiger partial charge in [0.05, 0.1) is 12.5 Å². The quantitative estimate of drug-likeness (QED) is 0.208. The molecule has 7 nitrogen and oxygen atoms in total. The second-order valence-electron chi connectivity index (χ2n) is 12.1. The van der Waals surface area contributed by atoms with Crippen molar-refractivity contribution in [1.29, 1.82) is 0 Å². The number of aliphatic carboxylic acids is 1. The third-order valence-electron chi connectivity index (χ3n) is 9.31. The summed E-state index contributed by atoms with van der Waals surface area (Å²) in [6.45, 7) is 2.24. The number of hydrogen-bond donors (Lipinski definition) is 1. The van der Waals surface area contributed by atoms with Gasteiger partial charge in [0.15, 0.2) is 0 Å². The molecule has 1 saturated heterocycles. The smallest absolute Gasteiger partial charge is 0.310 e. The van der Waals surface area contributed by atoms with Gasteiger partial charge in [-0.05, 0) is 92.1 Å². The van der Waals surface area contributed by atoms with Crippen molar-refractivity contribution in [2.24, 2.45) is 5.41 Å². The largest absolute Gasteiger partial charge is 0.497 e. The van der Waals surface area contributed by atoms with Gasteiger partial charge in [0.2, 0.25) is 5.82 Å². The highest BCUT2D eigenvalue weighted by molar-refractivity contribution is 6.31. The number of methoxy groups -OCH3 is 1. The van der Waals surface area contributed by atoms with Crippen LogP contribution in [0.3, 0.4) is 0 Å². The van der Waals surface area contributed by atoms with Gasteiger partial charge in [0.25, 0.3) is 5.89 Å². The summed E-state index contributed by atoms with van der Waals surface area (Å²) < 4.78 is 10.8. The zero-order chi connectivity index (χ0) is 29.8. The molecule has 0 bridgehead atoms. The lowest BCUT2D eigenvalue weighted by atomic mass is 9.73. The Hall–Kier alpha value is -3.68. The lowest BCUT2D eigenvalue weighted by Gasteiger charge is -2.39. The van der Waals surface area contributed by atoms with E-state index in [0.29, 0.717) is 36.9 Å². The van der Waals surface area contributed by atoms with Crippen molar-refractivity contribution in [1.82, 2.24) is 15.0 Å². The third kappa shape index (κ3) is 6.63. The van der Waals surface area contributed by atoms with Gasteiger partial charge in [-0.25, -0.2) is 0 Å². The summed E-state index contributed by atoms with van der Waals surface area (Å²) in [7, 11) is 1.63. The molecule has 1 aliphatic carbocycles. The van der Waals surface area contributed by atoms with Crippen molar-refractivity contribution >= 4 is 17.6 Å². The molecule has 224 valence electrons. The van der Waals surface area contributed by atoms with Crippen LogP contribution in [-0.4, -0.2) is 46.3 Å². The Balaban J connectivity index is 1.06. The number of benzene rings is 3. The molecule has 6 rings (SSSR count). The summed E-state index contributed by atoms with van der Waals surface area (Å²) >= 11 is 6.68. The summed E-state index contributed by atoms with van der Waals surface area (Å²) in [6, 6.07) is 22.0. The normalized spacial score (nSPS) is 17.5. The second-order valence-corrected chi connectivity index (χ2v) is 12.5. The summed E-state index contributed by atoms with van der Waals surface area (Å²) in [5.74, 6) is 1.60. The molecule has 1 aromatic heterocycles. The van der Waals surface area contributed by atoms with Crippen molar-refractivity contribution < 1.29 is 19.2 Å². The minimum Gasteiger partial charge on any atom is -0.497 e. The lowest BCUT2D eigenvalue weighted by molar-refractivity contribution is -0.152. The number of hydrogen-bond acceptors (Lipinski definition) is 6. The van der Waals surface area contributed by atoms with Crippen molar-refractivity contribution in [3.05, 3.63) is 88.4 Å². The van der Waals surface area contributed by atoms with Crippen LogP contribution in [0.5, 0.6) is 5.75 Å². The Labute approximate surface area is 257 Å². The first kappa shape index (κ1) is 29.4. The SMILES string of the molecule is COc1ccc(CC2(C(=O)O)CCN(Cc3ccc(-c4noc(-c5ccc(C6CCCCC6)c(Cl)c5)n4)cc3)CC2)cc1. The van der Waals surface area contributed by atoms with Crippen LogP contribution in [0.15, 0.2) is 71.3 Å². The minimum absolute atomic E-state index is 0.459. The van der Waals surface area contributed by atoms with Crippen molar-refractivity contribution in [3.63, 3.8) is 0 Å². The molecule has 3 aromatic carbocycles. The number of ether oxygens (including phenoxy) is 1. The van der Waals surface area contributed by atoms with Crippen LogP contribution < -0.4 is 4.74 Å². The van der Waals surface area contributed by atoms with Gasteiger partial charge in [-0.2, -0.15) is 4.98 Å². The minimum atomic E-state index is -0.744. The molecule has 0 radical (unpaired) electrons. The number of rotatable bonds is 9. The standard InChI is InChI=1S/C35H38ClN3O4/c1-42-29-14-9-24(10-15-29)22-35(34(40)41)17-19-39(20-18-35)23-25-7-11-27(12-8-25)32-37-33(43-38-32)28-13-16-30(31(36)21-28)26-5-3-2-4-6-26/h7-16,21,26H,2-6,17-20,22-23H2,1H3,(H,40,41). The highest BCUT2D eigenvalue weighted by atomic mass is 35.5. The van der Waals surface area contributed by atoms with Gasteiger partial charge in [-0.1, -0.05) is 78.5 Å². The number of piperidine rings is 1. The Kier molecular flexibility index (Phi) is 8.82. The van der Waals surface area contributed by atoms with E-state index < -0.39 is 11.4 Å². The maximum atomic E-state index is 12.4. The van der Waals surface area contributed by atoms with Crippen molar-refractivity contribution in [2.75, 3.05) is 20.2 Å². The molecular weight excluding hydrogens is 562 g/mol. The topological polar surface area (TPSA) is 88.7 Å². The summed E-state index contributed by atoms with van der Waals surface area (Å²) in [5, 5.41) is 15.1. The maximum absolute atomic E-state index is 12.4. The Morgan fingerprint density at radius 2 is 1.65 bits per heavy atom. The van der Waals surface area contributed by atoms with Gasteiger partial charge >= 0.3 is 5.97 Å². The fourth-order valence-corrected chi connectivity index (χ4v) is 6.95. The Bertz CT molecular complexity index is 1540. The van der Waals surface area contributed by atoms with Crippen LogP contribution >= 0.6 is 11.6 Å². The molecule has 1 saturated carbocycles. The fourth-order valence-electron chi connectivity index (χ4n) is 6.62. The summed E-state index contributed by atoms with van der Waals surface area (Å²) in [5.41, 5.74) is 4.37. The van der Waals surface area contributed by atoms with Gasteiger partial charge in [-0.15, -0.1) is 0 Å². The fraction of sp³-hybridized carbons (Fsp3) is 0.400. The predicted molar refractivity (Wildman–Crippen MR) is 167 cm³/mol. The van der Waals surface area contributed by atoms with E-state index in [1.54, 1.807) is 7.11 Å². The van der Waals surface area contributed by atoms with E-state index >= 15 is 0 Å². The Morgan fingerprint density at radius 3 is 2.30 bits per heavy atom. The van der Waals surface area contributed by atoms with Crippen LogP contribution in [-0.2, 0) is 17.8 Å². The summed E-state index contributed by atoms with van der Waals surface area (Å²) in [4.78, 5) is 19.3. The molecule has 2 heterocycles. The monoisotopic (exact) mass is 599 g/mol. The average molecular weight is 600 g/mol. The van der Waals surface area contributed by atoms with E-state index in [4.69, 9.17) is 20.9 Å². The third-order valence-corrected chi connectivity index (χ3v) is 9.63. The molecular formula is C35H38ClN3O4. The van der Waals surface area contributed by atoms with Gasteiger partial charge in [-0.3, -0.25) is 9.69 Å². The summed E-state index contributed by atoms with van der Waals surface area (Å²) in [6.07, 6.45) is 8.00. The van der Waals surface area contributed by atoms with Crippen molar-refractivity contribution in [2.45, 2.75) is 63.8 Å². The van der Waals surface area contributed by atoms with Crippen LogP contribution in [0.2, 0.25) is 5.02 Å². The van der Waals surface area contributed by atoms with E-state index in [0.717, 1.165) is 52.7 Å². The number of aromatic nitrogens is 2. The number of nitrogens with zero attached hydrogens (tertiary/aromatic N) is 3. The average Bonchev–Trinajstić information content (AvgIpc) is 3.54. The van der Waals surface area contributed by atoms with Crippen LogP contribution in [0.1, 0.15) is 67.6 Å². The van der Waals surface area contributed by atoms with E-state index in [2.05, 4.69) is 33.2 Å². The first-order valence-corrected chi connectivity index (χ1v) is 15.6. The number of halogens is 1. The van der Waals surface area contributed by atoms with Crippen LogP contribution in [0, 0.1) is 5.41 Å². The molecule has 2 fully saturated rings. The highest BCUT2D eigenvalue weighted by Crippen LogP contribution is 2.39. The first-order chi connectivity index (χ1) is 20.9. The van der Waals surface area contributed by atoms with Gasteiger partial charge < -0.3 is 14.4 Å². The van der Waals surface area contributed by atoms with E-state index in [9.17, 15) is 9.90 Å². The molecule has 8 heteroatoms. The number of carbonyl (C=O) groups is 1.